The molecule has 0 heterocycles. The van der Waals surface area contributed by atoms with Crippen LogP contribution in [0.15, 0.2) is 24.3 Å². The van der Waals surface area contributed by atoms with Gasteiger partial charge in [0.25, 0.3) is 0 Å². The van der Waals surface area contributed by atoms with Crippen LogP contribution in [0.25, 0.3) is 0 Å². The van der Waals surface area contributed by atoms with Crippen molar-refractivity contribution in [2.75, 3.05) is 19.8 Å². The molecule has 0 aliphatic carbocycles. The van der Waals surface area contributed by atoms with E-state index in [1.54, 1.807) is 0 Å². The third kappa shape index (κ3) is 5.52. The van der Waals surface area contributed by atoms with E-state index in [0.717, 1.165) is 30.8 Å². The van der Waals surface area contributed by atoms with Gasteiger partial charge in [0.1, 0.15) is 12.4 Å². The van der Waals surface area contributed by atoms with Crippen LogP contribution in [0, 0.1) is 0 Å². The largest absolute Gasteiger partial charge is 0.491 e. The summed E-state index contributed by atoms with van der Waals surface area (Å²) < 4.78 is 11.0. The van der Waals surface area contributed by atoms with Gasteiger partial charge in [-0.1, -0.05) is 32.4 Å². The Kier molecular flexibility index (Phi) is 7.46. The van der Waals surface area contributed by atoms with Gasteiger partial charge in [0.15, 0.2) is 0 Å². The van der Waals surface area contributed by atoms with Crippen LogP contribution in [0.2, 0.25) is 0 Å². The van der Waals surface area contributed by atoms with E-state index in [-0.39, 0.29) is 6.04 Å². The van der Waals surface area contributed by atoms with Crippen molar-refractivity contribution < 1.29 is 9.47 Å². The van der Waals surface area contributed by atoms with Crippen molar-refractivity contribution in [3.8, 4) is 5.75 Å². The van der Waals surface area contributed by atoms with Crippen molar-refractivity contribution in [1.82, 2.24) is 0 Å². The maximum atomic E-state index is 5.95. The minimum absolute atomic E-state index is 0.122. The molecule has 1 rings (SSSR count). The van der Waals surface area contributed by atoms with Gasteiger partial charge in [-0.25, -0.2) is 0 Å². The molecule has 0 saturated carbocycles. The van der Waals surface area contributed by atoms with Gasteiger partial charge in [0.05, 0.1) is 6.61 Å². The molecule has 0 bridgehead atoms. The van der Waals surface area contributed by atoms with Crippen LogP contribution in [0.1, 0.15) is 44.7 Å². The predicted molar refractivity (Wildman–Crippen MR) is 74.9 cm³/mol. The molecule has 0 aliphatic heterocycles. The van der Waals surface area contributed by atoms with Crippen molar-refractivity contribution in [1.29, 1.82) is 0 Å². The van der Waals surface area contributed by atoms with Crippen LogP contribution >= 0.6 is 0 Å². The lowest BCUT2D eigenvalue weighted by Crippen LogP contribution is -2.09. The molecule has 102 valence electrons. The van der Waals surface area contributed by atoms with Crippen LogP contribution < -0.4 is 10.5 Å². The summed E-state index contributed by atoms with van der Waals surface area (Å²) >= 11 is 0. The van der Waals surface area contributed by atoms with Gasteiger partial charge >= 0.3 is 0 Å². The molecule has 1 aromatic rings. The third-order valence-corrected chi connectivity index (χ3v) is 2.89. The fourth-order valence-electron chi connectivity index (χ4n) is 1.61. The summed E-state index contributed by atoms with van der Waals surface area (Å²) in [6.45, 7) is 6.31. The molecule has 18 heavy (non-hydrogen) atoms. The van der Waals surface area contributed by atoms with Gasteiger partial charge in [-0.15, -0.1) is 0 Å². The average molecular weight is 251 g/mol. The average Bonchev–Trinajstić information content (AvgIpc) is 2.42. The number of ether oxygens (including phenoxy) is 2. The second-order valence-corrected chi connectivity index (χ2v) is 4.40. The molecule has 3 nitrogen and oxygen atoms in total. The standard InChI is InChI=1S/C15H25NO2/c1-3-5-10-17-11-12-18-14-8-6-13(7-9-14)15(16)4-2/h6-9,15H,3-5,10-12,16H2,1-2H3. The van der Waals surface area contributed by atoms with Gasteiger partial charge in [0.2, 0.25) is 0 Å². The van der Waals surface area contributed by atoms with Gasteiger partial charge in [-0.3, -0.25) is 0 Å². The first-order chi connectivity index (χ1) is 8.77. The Morgan fingerprint density at radius 2 is 1.78 bits per heavy atom. The van der Waals surface area contributed by atoms with Gasteiger partial charge in [0, 0.05) is 12.6 Å². The van der Waals surface area contributed by atoms with Gasteiger partial charge < -0.3 is 15.2 Å². The molecule has 1 unspecified atom stereocenters. The van der Waals surface area contributed by atoms with E-state index in [9.17, 15) is 0 Å². The highest BCUT2D eigenvalue weighted by Crippen LogP contribution is 2.18. The zero-order valence-electron chi connectivity index (χ0n) is 11.5. The molecular formula is C15H25NO2. The minimum Gasteiger partial charge on any atom is -0.491 e. The molecule has 0 radical (unpaired) electrons. The number of benzene rings is 1. The Morgan fingerprint density at radius 1 is 1.06 bits per heavy atom. The fraction of sp³-hybridized carbons (Fsp3) is 0.600. The van der Waals surface area contributed by atoms with E-state index in [4.69, 9.17) is 15.2 Å². The van der Waals surface area contributed by atoms with Crippen molar-refractivity contribution in [2.45, 2.75) is 39.2 Å². The first kappa shape index (κ1) is 15.0. The molecule has 0 fully saturated rings. The maximum absolute atomic E-state index is 5.95. The quantitative estimate of drug-likeness (QED) is 0.685. The highest BCUT2D eigenvalue weighted by Gasteiger charge is 2.02. The Hall–Kier alpha value is -1.06. The van der Waals surface area contributed by atoms with Crippen LogP contribution in [-0.2, 0) is 4.74 Å². The summed E-state index contributed by atoms with van der Waals surface area (Å²) in [5, 5.41) is 0. The first-order valence-corrected chi connectivity index (χ1v) is 6.84. The molecule has 0 saturated heterocycles. The number of hydrogen-bond donors (Lipinski definition) is 1. The molecule has 2 N–H and O–H groups in total. The Bertz CT molecular complexity index is 311. The van der Waals surface area contributed by atoms with Crippen molar-refractivity contribution in [3.05, 3.63) is 29.8 Å². The maximum Gasteiger partial charge on any atom is 0.119 e. The Balaban J connectivity index is 2.22. The molecule has 0 aromatic heterocycles. The lowest BCUT2D eigenvalue weighted by Gasteiger charge is -2.11. The van der Waals surface area contributed by atoms with E-state index in [0.29, 0.717) is 13.2 Å². The van der Waals surface area contributed by atoms with Crippen molar-refractivity contribution in [3.63, 3.8) is 0 Å². The van der Waals surface area contributed by atoms with Crippen LogP contribution in [0.4, 0.5) is 0 Å². The van der Waals surface area contributed by atoms with E-state index in [1.165, 1.54) is 6.42 Å². The number of hydrogen-bond acceptors (Lipinski definition) is 3. The van der Waals surface area contributed by atoms with Crippen LogP contribution in [0.5, 0.6) is 5.75 Å². The fourth-order valence-corrected chi connectivity index (χ4v) is 1.61. The molecular weight excluding hydrogens is 226 g/mol. The summed E-state index contributed by atoms with van der Waals surface area (Å²) in [6.07, 6.45) is 3.23. The summed E-state index contributed by atoms with van der Waals surface area (Å²) in [5.74, 6) is 0.876. The Morgan fingerprint density at radius 3 is 2.39 bits per heavy atom. The summed E-state index contributed by atoms with van der Waals surface area (Å²) in [5.41, 5.74) is 7.11. The molecule has 0 aliphatic rings. The van der Waals surface area contributed by atoms with Crippen molar-refractivity contribution >= 4 is 0 Å². The topological polar surface area (TPSA) is 44.5 Å². The predicted octanol–water partition coefficient (Wildman–Crippen LogP) is 3.29. The highest BCUT2D eigenvalue weighted by molar-refractivity contribution is 5.28. The minimum atomic E-state index is 0.122. The van der Waals surface area contributed by atoms with E-state index in [1.807, 2.05) is 24.3 Å². The molecule has 1 atom stereocenters. The molecule has 0 amide bonds. The second-order valence-electron chi connectivity index (χ2n) is 4.40. The molecule has 1 aromatic carbocycles. The summed E-state index contributed by atoms with van der Waals surface area (Å²) in [4.78, 5) is 0. The lowest BCUT2D eigenvalue weighted by atomic mass is 10.1. The number of nitrogens with two attached hydrogens (primary N) is 1. The molecule has 0 spiro atoms. The van der Waals surface area contributed by atoms with Crippen LogP contribution in [-0.4, -0.2) is 19.8 Å². The monoisotopic (exact) mass is 251 g/mol. The van der Waals surface area contributed by atoms with E-state index < -0.39 is 0 Å². The molecule has 3 heteroatoms. The van der Waals surface area contributed by atoms with Gasteiger partial charge in [-0.2, -0.15) is 0 Å². The normalized spacial score (nSPS) is 12.4. The first-order valence-electron chi connectivity index (χ1n) is 6.84. The summed E-state index contributed by atoms with van der Waals surface area (Å²) in [7, 11) is 0. The van der Waals surface area contributed by atoms with Crippen LogP contribution in [0.3, 0.4) is 0 Å². The van der Waals surface area contributed by atoms with E-state index in [2.05, 4.69) is 13.8 Å². The summed E-state index contributed by atoms with van der Waals surface area (Å²) in [6, 6.07) is 8.12. The zero-order valence-corrected chi connectivity index (χ0v) is 11.5. The van der Waals surface area contributed by atoms with E-state index >= 15 is 0 Å². The Labute approximate surface area is 110 Å². The third-order valence-electron chi connectivity index (χ3n) is 2.89. The lowest BCUT2D eigenvalue weighted by molar-refractivity contribution is 0.0980. The second kappa shape index (κ2) is 8.95. The SMILES string of the molecule is CCCCOCCOc1ccc(C(N)CC)cc1. The number of unbranched alkanes of at least 4 members (excludes halogenated alkanes) is 1. The smallest absolute Gasteiger partial charge is 0.119 e. The van der Waals surface area contributed by atoms with Crippen molar-refractivity contribution in [2.24, 2.45) is 5.73 Å². The van der Waals surface area contributed by atoms with Gasteiger partial charge in [-0.05, 0) is 30.5 Å². The zero-order chi connectivity index (χ0) is 13.2. The number of rotatable bonds is 9. The highest BCUT2D eigenvalue weighted by atomic mass is 16.5.